The average Bonchev–Trinajstić information content (AvgIpc) is 2.21. The van der Waals surface area contributed by atoms with Gasteiger partial charge in [0.15, 0.2) is 0 Å². The third-order valence-electron chi connectivity index (χ3n) is 1.24. The molecule has 1 aromatic rings. The largest absolute Gasteiger partial charge is 0.467 e. The predicted octanol–water partition coefficient (Wildman–Crippen LogP) is 2.07. The van der Waals surface area contributed by atoms with Gasteiger partial charge in [0.05, 0.1) is 7.11 Å². The van der Waals surface area contributed by atoms with Crippen LogP contribution in [0.5, 0.6) is 6.01 Å². The van der Waals surface area contributed by atoms with Crippen molar-refractivity contribution in [1.29, 1.82) is 0 Å². The minimum atomic E-state index is 0.444. The van der Waals surface area contributed by atoms with E-state index in [-0.39, 0.29) is 0 Å². The zero-order valence-corrected chi connectivity index (χ0v) is 8.16. The molecule has 0 aliphatic heterocycles. The Balaban J connectivity index is 0.000000561. The number of methoxy groups -OCH3 is 1. The lowest BCUT2D eigenvalue weighted by atomic mass is 10.3. The third kappa shape index (κ3) is 3.32. The number of ether oxygens (including phenoxy) is 1. The Morgan fingerprint density at radius 2 is 2.08 bits per heavy atom. The molecule has 0 aliphatic rings. The van der Waals surface area contributed by atoms with E-state index in [1.54, 1.807) is 13.3 Å². The van der Waals surface area contributed by atoms with Crippen molar-refractivity contribution in [2.24, 2.45) is 0 Å². The first-order chi connectivity index (χ1) is 5.86. The molecule has 0 saturated carbocycles. The Morgan fingerprint density at radius 3 is 2.58 bits per heavy atom. The van der Waals surface area contributed by atoms with Crippen molar-refractivity contribution in [2.45, 2.75) is 27.2 Å². The molecule has 0 amide bonds. The topological polar surface area (TPSA) is 35.0 Å². The lowest BCUT2D eigenvalue weighted by Crippen LogP contribution is -1.94. The van der Waals surface area contributed by atoms with Gasteiger partial charge in [-0.15, -0.1) is 0 Å². The lowest BCUT2D eigenvalue weighted by molar-refractivity contribution is 0.378. The van der Waals surface area contributed by atoms with E-state index in [1.807, 2.05) is 26.8 Å². The Labute approximate surface area is 73.8 Å². The highest BCUT2D eigenvalue weighted by Gasteiger charge is 1.93. The van der Waals surface area contributed by atoms with Crippen LogP contribution in [0.4, 0.5) is 0 Å². The molecule has 3 heteroatoms. The van der Waals surface area contributed by atoms with Crippen LogP contribution in [-0.2, 0) is 6.42 Å². The third-order valence-corrected chi connectivity index (χ3v) is 1.24. The van der Waals surface area contributed by atoms with Gasteiger partial charge in [-0.25, -0.2) is 9.97 Å². The second kappa shape index (κ2) is 6.58. The highest BCUT2D eigenvalue weighted by Crippen LogP contribution is 2.01. The Kier molecular flexibility index (Phi) is 5.97. The number of aromatic nitrogens is 2. The van der Waals surface area contributed by atoms with Crippen LogP contribution < -0.4 is 4.74 Å². The van der Waals surface area contributed by atoms with E-state index in [1.165, 1.54) is 0 Å². The molecule has 3 nitrogen and oxygen atoms in total. The highest BCUT2D eigenvalue weighted by molar-refractivity contribution is 5.04. The molecule has 0 radical (unpaired) electrons. The molecule has 0 spiro atoms. The standard InChI is InChI=1S/C7H10N2O.C2H6/c1-3-6-4-5-8-7(9-6)10-2;1-2/h4-5H,3H2,1-2H3;1-2H3. The monoisotopic (exact) mass is 168 g/mol. The smallest absolute Gasteiger partial charge is 0.316 e. The fourth-order valence-electron chi connectivity index (χ4n) is 0.671. The van der Waals surface area contributed by atoms with Crippen LogP contribution >= 0.6 is 0 Å². The summed E-state index contributed by atoms with van der Waals surface area (Å²) in [5.74, 6) is 0. The molecule has 0 saturated heterocycles. The zero-order chi connectivity index (χ0) is 9.40. The van der Waals surface area contributed by atoms with E-state index in [0.717, 1.165) is 12.1 Å². The van der Waals surface area contributed by atoms with E-state index in [2.05, 4.69) is 9.97 Å². The molecular weight excluding hydrogens is 152 g/mol. The van der Waals surface area contributed by atoms with Crippen molar-refractivity contribution in [1.82, 2.24) is 9.97 Å². The van der Waals surface area contributed by atoms with Gasteiger partial charge in [-0.1, -0.05) is 20.8 Å². The van der Waals surface area contributed by atoms with Crippen LogP contribution in [0.2, 0.25) is 0 Å². The van der Waals surface area contributed by atoms with E-state index >= 15 is 0 Å². The second-order valence-corrected chi connectivity index (χ2v) is 1.89. The van der Waals surface area contributed by atoms with Gasteiger partial charge >= 0.3 is 6.01 Å². The fourth-order valence-corrected chi connectivity index (χ4v) is 0.671. The summed E-state index contributed by atoms with van der Waals surface area (Å²) >= 11 is 0. The van der Waals surface area contributed by atoms with Gasteiger partial charge < -0.3 is 4.74 Å². The number of rotatable bonds is 2. The first-order valence-electron chi connectivity index (χ1n) is 4.22. The predicted molar refractivity (Wildman–Crippen MR) is 49.3 cm³/mol. The van der Waals surface area contributed by atoms with E-state index in [0.29, 0.717) is 6.01 Å². The second-order valence-electron chi connectivity index (χ2n) is 1.89. The summed E-state index contributed by atoms with van der Waals surface area (Å²) in [6, 6.07) is 2.32. The lowest BCUT2D eigenvalue weighted by Gasteiger charge is -1.97. The van der Waals surface area contributed by atoms with Gasteiger partial charge in [0, 0.05) is 11.9 Å². The first kappa shape index (κ1) is 10.9. The zero-order valence-electron chi connectivity index (χ0n) is 8.16. The van der Waals surface area contributed by atoms with Crippen LogP contribution in [0.15, 0.2) is 12.3 Å². The Bertz CT molecular complexity index is 194. The summed E-state index contributed by atoms with van der Waals surface area (Å²) in [7, 11) is 1.56. The Morgan fingerprint density at radius 1 is 1.42 bits per heavy atom. The van der Waals surface area contributed by atoms with Crippen molar-refractivity contribution in [2.75, 3.05) is 7.11 Å². The molecule has 12 heavy (non-hydrogen) atoms. The minimum Gasteiger partial charge on any atom is -0.467 e. The highest BCUT2D eigenvalue weighted by atomic mass is 16.5. The first-order valence-corrected chi connectivity index (χ1v) is 4.22. The van der Waals surface area contributed by atoms with Gasteiger partial charge in [0.1, 0.15) is 0 Å². The molecule has 68 valence electrons. The molecule has 0 aliphatic carbocycles. The summed E-state index contributed by atoms with van der Waals surface area (Å²) in [4.78, 5) is 7.95. The van der Waals surface area contributed by atoms with Crippen molar-refractivity contribution in [3.05, 3.63) is 18.0 Å². The van der Waals surface area contributed by atoms with Crippen LogP contribution in [-0.4, -0.2) is 17.1 Å². The molecule has 0 N–H and O–H groups in total. The maximum Gasteiger partial charge on any atom is 0.316 e. The van der Waals surface area contributed by atoms with Crippen molar-refractivity contribution < 1.29 is 4.74 Å². The summed E-state index contributed by atoms with van der Waals surface area (Å²) in [6.45, 7) is 6.04. The molecule has 0 unspecified atom stereocenters. The number of aryl methyl sites for hydroxylation is 1. The van der Waals surface area contributed by atoms with Crippen LogP contribution in [0, 0.1) is 0 Å². The average molecular weight is 168 g/mol. The molecular formula is C9H16N2O. The van der Waals surface area contributed by atoms with Crippen LogP contribution in [0.25, 0.3) is 0 Å². The number of hydrogen-bond donors (Lipinski definition) is 0. The minimum absolute atomic E-state index is 0.444. The van der Waals surface area contributed by atoms with Crippen molar-refractivity contribution in [3.63, 3.8) is 0 Å². The van der Waals surface area contributed by atoms with Crippen molar-refractivity contribution >= 4 is 0 Å². The summed E-state index contributed by atoms with van der Waals surface area (Å²) in [6.07, 6.45) is 2.61. The molecule has 0 atom stereocenters. The van der Waals surface area contributed by atoms with Crippen LogP contribution in [0.3, 0.4) is 0 Å². The molecule has 0 fully saturated rings. The van der Waals surface area contributed by atoms with Gasteiger partial charge in [0.2, 0.25) is 0 Å². The summed E-state index contributed by atoms with van der Waals surface area (Å²) in [5.41, 5.74) is 1.01. The normalized spacial score (nSPS) is 8.33. The van der Waals surface area contributed by atoms with Gasteiger partial charge in [0.25, 0.3) is 0 Å². The maximum atomic E-state index is 4.83. The van der Waals surface area contributed by atoms with Gasteiger partial charge in [-0.2, -0.15) is 0 Å². The van der Waals surface area contributed by atoms with E-state index < -0.39 is 0 Å². The molecule has 1 rings (SSSR count). The number of hydrogen-bond acceptors (Lipinski definition) is 3. The van der Waals surface area contributed by atoms with Gasteiger partial charge in [-0.05, 0) is 12.5 Å². The molecule has 1 aromatic heterocycles. The summed E-state index contributed by atoms with van der Waals surface area (Å²) < 4.78 is 4.83. The fraction of sp³-hybridized carbons (Fsp3) is 0.556. The number of nitrogens with zero attached hydrogens (tertiary/aromatic N) is 2. The SMILES string of the molecule is CC.CCc1ccnc(OC)n1. The molecule has 0 aromatic carbocycles. The Hall–Kier alpha value is -1.12. The van der Waals surface area contributed by atoms with Gasteiger partial charge in [-0.3, -0.25) is 0 Å². The van der Waals surface area contributed by atoms with E-state index in [4.69, 9.17) is 4.74 Å². The molecule has 1 heterocycles. The quantitative estimate of drug-likeness (QED) is 0.678. The maximum absolute atomic E-state index is 4.83. The van der Waals surface area contributed by atoms with Crippen molar-refractivity contribution in [3.8, 4) is 6.01 Å². The van der Waals surface area contributed by atoms with Crippen LogP contribution in [0.1, 0.15) is 26.5 Å². The van der Waals surface area contributed by atoms with E-state index in [9.17, 15) is 0 Å². The molecule has 0 bridgehead atoms. The summed E-state index contributed by atoms with van der Waals surface area (Å²) in [5, 5.41) is 0.